The summed E-state index contributed by atoms with van der Waals surface area (Å²) >= 11 is 10.5. The number of halogens is 2. The minimum atomic E-state index is -0.757. The lowest BCUT2D eigenvalue weighted by atomic mass is 11.1. The fraction of sp³-hybridized carbons (Fsp3) is 0.600. The van der Waals surface area contributed by atoms with Crippen LogP contribution in [0.25, 0.3) is 0 Å². The first-order valence-corrected chi connectivity index (χ1v) is 3.18. The lowest BCUT2D eigenvalue weighted by Gasteiger charge is -2.10. The minimum absolute atomic E-state index is 0.0131. The van der Waals surface area contributed by atoms with Crippen LogP contribution in [0.15, 0.2) is 10.8 Å². The van der Waals surface area contributed by atoms with Gasteiger partial charge in [-0.3, -0.25) is 0 Å². The third-order valence-corrected chi connectivity index (χ3v) is 0.831. The van der Waals surface area contributed by atoms with Gasteiger partial charge in [-0.15, -0.1) is 0 Å². The van der Waals surface area contributed by atoms with Crippen LogP contribution in [-0.4, -0.2) is 20.7 Å². The van der Waals surface area contributed by atoms with Crippen molar-refractivity contribution in [2.75, 3.05) is 14.2 Å². The van der Waals surface area contributed by atoms with Gasteiger partial charge in [-0.05, 0) is 0 Å². The summed E-state index contributed by atoms with van der Waals surface area (Å²) in [7, 11) is 2.87. The van der Waals surface area contributed by atoms with Crippen molar-refractivity contribution in [3.63, 3.8) is 0 Å². The topological polar surface area (TPSA) is 27.7 Å². The van der Waals surface area contributed by atoms with Gasteiger partial charge in [-0.2, -0.15) is 0 Å². The van der Waals surface area contributed by atoms with E-state index >= 15 is 0 Å². The van der Waals surface area contributed by atoms with Gasteiger partial charge in [-0.25, -0.2) is 0 Å². The van der Waals surface area contributed by atoms with Crippen molar-refractivity contribution in [2.24, 2.45) is 0 Å². The molecular weight excluding hydrogens is 179 g/mol. The van der Waals surface area contributed by atoms with Crippen LogP contribution in [-0.2, 0) is 14.2 Å². The molecular formula is C5H8Cl2O3. The fourth-order valence-electron chi connectivity index (χ4n) is 0.314. The molecule has 0 amide bonds. The molecule has 10 heavy (non-hydrogen) atoms. The molecule has 0 aromatic rings. The van der Waals surface area contributed by atoms with Crippen molar-refractivity contribution in [1.82, 2.24) is 0 Å². The Hall–Kier alpha value is 0.0400. The summed E-state index contributed by atoms with van der Waals surface area (Å²) in [5, 5.41) is 0. The summed E-state index contributed by atoms with van der Waals surface area (Å²) in [6.07, 6.45) is 1.13. The molecule has 5 heteroatoms. The predicted octanol–water partition coefficient (Wildman–Crippen LogP) is 1.86. The Morgan fingerprint density at radius 2 is 1.80 bits per heavy atom. The van der Waals surface area contributed by atoms with E-state index in [0.717, 1.165) is 6.26 Å². The number of hydrogen-bond acceptors (Lipinski definition) is 3. The molecule has 0 unspecified atom stereocenters. The van der Waals surface area contributed by atoms with E-state index in [-0.39, 0.29) is 4.49 Å². The highest BCUT2D eigenvalue weighted by atomic mass is 35.5. The quantitative estimate of drug-likeness (QED) is 0.496. The Labute approximate surface area is 69.5 Å². The Morgan fingerprint density at radius 3 is 2.10 bits per heavy atom. The largest absolute Gasteiger partial charge is 0.447 e. The van der Waals surface area contributed by atoms with Crippen LogP contribution >= 0.6 is 23.2 Å². The van der Waals surface area contributed by atoms with Crippen LogP contribution in [0.3, 0.4) is 0 Å². The van der Waals surface area contributed by atoms with E-state index in [9.17, 15) is 0 Å². The second kappa shape index (κ2) is 5.80. The summed E-state index contributed by atoms with van der Waals surface area (Å²) in [4.78, 5) is 0. The molecule has 0 bridgehead atoms. The second-order valence-corrected chi connectivity index (χ2v) is 2.31. The zero-order chi connectivity index (χ0) is 7.98. The van der Waals surface area contributed by atoms with Gasteiger partial charge in [0.15, 0.2) is 0 Å². The Kier molecular flexibility index (Phi) is 5.82. The number of methoxy groups -OCH3 is 2. The number of rotatable bonds is 4. The van der Waals surface area contributed by atoms with Crippen molar-refractivity contribution in [3.8, 4) is 0 Å². The number of hydrogen-bond donors (Lipinski definition) is 0. The Bertz CT molecular complexity index is 107. The predicted molar refractivity (Wildman–Crippen MR) is 38.7 cm³/mol. The molecule has 0 aliphatic carbocycles. The molecule has 0 aliphatic heterocycles. The van der Waals surface area contributed by atoms with Crippen LogP contribution in [0.4, 0.5) is 0 Å². The van der Waals surface area contributed by atoms with Gasteiger partial charge >= 0.3 is 6.48 Å². The fourth-order valence-corrected chi connectivity index (χ4v) is 0.417. The van der Waals surface area contributed by atoms with E-state index in [1.165, 1.54) is 14.2 Å². The molecule has 0 atom stereocenters. The van der Waals surface area contributed by atoms with Crippen LogP contribution in [0, 0.1) is 0 Å². The van der Waals surface area contributed by atoms with Crippen molar-refractivity contribution in [3.05, 3.63) is 10.8 Å². The Balaban J connectivity index is 3.54. The first kappa shape index (κ1) is 10.0. The molecule has 0 radical (unpaired) electrons. The van der Waals surface area contributed by atoms with Crippen LogP contribution in [0.5, 0.6) is 0 Å². The monoisotopic (exact) mass is 186 g/mol. The SMILES string of the molecule is COC(OC)OC=C(Cl)Cl. The summed E-state index contributed by atoms with van der Waals surface area (Å²) < 4.78 is 14.0. The molecule has 0 aromatic heterocycles. The summed E-state index contributed by atoms with van der Waals surface area (Å²) in [5.74, 6) is 0. The molecule has 0 saturated heterocycles. The third kappa shape index (κ3) is 4.88. The van der Waals surface area contributed by atoms with E-state index in [2.05, 4.69) is 9.47 Å². The van der Waals surface area contributed by atoms with E-state index in [0.29, 0.717) is 0 Å². The standard InChI is InChI=1S/C5H8Cl2O3/c1-8-5(9-2)10-3-4(6)7/h3,5H,1-2H3. The maximum atomic E-state index is 5.23. The van der Waals surface area contributed by atoms with Gasteiger partial charge in [0, 0.05) is 14.2 Å². The average molecular weight is 187 g/mol. The van der Waals surface area contributed by atoms with Crippen LogP contribution in [0.2, 0.25) is 0 Å². The Morgan fingerprint density at radius 1 is 1.30 bits per heavy atom. The van der Waals surface area contributed by atoms with Gasteiger partial charge < -0.3 is 14.2 Å². The first-order valence-electron chi connectivity index (χ1n) is 2.43. The molecule has 0 aliphatic rings. The minimum Gasteiger partial charge on any atom is -0.447 e. The van der Waals surface area contributed by atoms with Gasteiger partial charge in [0.05, 0.1) is 0 Å². The molecule has 0 spiro atoms. The zero-order valence-electron chi connectivity index (χ0n) is 5.64. The molecule has 0 heterocycles. The zero-order valence-corrected chi connectivity index (χ0v) is 7.15. The highest BCUT2D eigenvalue weighted by Gasteiger charge is 2.01. The molecule has 0 fully saturated rings. The molecule has 0 N–H and O–H groups in total. The van der Waals surface area contributed by atoms with Crippen molar-refractivity contribution < 1.29 is 14.2 Å². The second-order valence-electron chi connectivity index (χ2n) is 1.30. The highest BCUT2D eigenvalue weighted by molar-refractivity contribution is 6.55. The lowest BCUT2D eigenvalue weighted by molar-refractivity contribution is -0.239. The highest BCUT2D eigenvalue weighted by Crippen LogP contribution is 2.07. The van der Waals surface area contributed by atoms with Gasteiger partial charge in [0.2, 0.25) is 0 Å². The first-order chi connectivity index (χ1) is 4.70. The molecule has 60 valence electrons. The summed E-state index contributed by atoms with van der Waals surface area (Å²) in [5.41, 5.74) is 0. The smallest absolute Gasteiger partial charge is 0.314 e. The van der Waals surface area contributed by atoms with E-state index in [1.54, 1.807) is 0 Å². The van der Waals surface area contributed by atoms with Gasteiger partial charge in [0.25, 0.3) is 0 Å². The van der Waals surface area contributed by atoms with Gasteiger partial charge in [0.1, 0.15) is 10.8 Å². The van der Waals surface area contributed by atoms with Gasteiger partial charge in [-0.1, -0.05) is 23.2 Å². The van der Waals surface area contributed by atoms with E-state index < -0.39 is 6.48 Å². The summed E-state index contributed by atoms with van der Waals surface area (Å²) in [6, 6.07) is 0. The van der Waals surface area contributed by atoms with E-state index in [1.807, 2.05) is 0 Å². The normalized spacial score (nSPS) is 9.70. The van der Waals surface area contributed by atoms with E-state index in [4.69, 9.17) is 27.9 Å². The van der Waals surface area contributed by atoms with Crippen molar-refractivity contribution in [1.29, 1.82) is 0 Å². The van der Waals surface area contributed by atoms with Crippen LogP contribution in [0.1, 0.15) is 0 Å². The lowest BCUT2D eigenvalue weighted by Crippen LogP contribution is -2.13. The summed E-state index contributed by atoms with van der Waals surface area (Å²) in [6.45, 7) is -0.757. The van der Waals surface area contributed by atoms with Crippen LogP contribution < -0.4 is 0 Å². The van der Waals surface area contributed by atoms with Crippen molar-refractivity contribution >= 4 is 23.2 Å². The molecule has 0 rings (SSSR count). The maximum absolute atomic E-state index is 5.23. The molecule has 0 saturated carbocycles. The maximum Gasteiger partial charge on any atom is 0.314 e. The average Bonchev–Trinajstić information content (AvgIpc) is 1.90. The third-order valence-electron chi connectivity index (χ3n) is 0.653. The molecule has 0 aromatic carbocycles. The van der Waals surface area contributed by atoms with Crippen molar-refractivity contribution in [2.45, 2.75) is 6.48 Å². The number of ether oxygens (including phenoxy) is 3. The molecule has 3 nitrogen and oxygen atoms in total.